The number of nitrogens with zero attached hydrogens (tertiary/aromatic N) is 2. The van der Waals surface area contributed by atoms with E-state index in [9.17, 15) is 4.79 Å². The fourth-order valence-corrected chi connectivity index (χ4v) is 3.38. The summed E-state index contributed by atoms with van der Waals surface area (Å²) in [4.78, 5) is 16.3. The van der Waals surface area contributed by atoms with Gasteiger partial charge in [-0.25, -0.2) is 0 Å². The lowest BCUT2D eigenvalue weighted by atomic mass is 9.97. The zero-order valence-electron chi connectivity index (χ0n) is 13.1. The third kappa shape index (κ3) is 3.34. The molecule has 2 atom stereocenters. The summed E-state index contributed by atoms with van der Waals surface area (Å²) in [7, 11) is 0. The SMILES string of the molecule is CC1COCC(C)N1C(C)(C)C#CC(=O)N1CCCC1. The van der Waals surface area contributed by atoms with Crippen LogP contribution in [-0.4, -0.2) is 59.6 Å². The average molecular weight is 278 g/mol. The van der Waals surface area contributed by atoms with Crippen LogP contribution < -0.4 is 0 Å². The van der Waals surface area contributed by atoms with Crippen LogP contribution in [0.15, 0.2) is 0 Å². The van der Waals surface area contributed by atoms with Crippen LogP contribution in [0, 0.1) is 11.8 Å². The van der Waals surface area contributed by atoms with Crippen LogP contribution in [0.2, 0.25) is 0 Å². The van der Waals surface area contributed by atoms with Crippen LogP contribution in [0.3, 0.4) is 0 Å². The maximum absolute atomic E-state index is 12.0. The summed E-state index contributed by atoms with van der Waals surface area (Å²) in [5.41, 5.74) is -0.308. The summed E-state index contributed by atoms with van der Waals surface area (Å²) in [5, 5.41) is 0. The number of likely N-dealkylation sites (tertiary alicyclic amines) is 1. The van der Waals surface area contributed by atoms with Crippen molar-refractivity contribution < 1.29 is 9.53 Å². The molecule has 0 N–H and O–H groups in total. The molecule has 2 aliphatic rings. The number of hydrogen-bond acceptors (Lipinski definition) is 3. The lowest BCUT2D eigenvalue weighted by Crippen LogP contribution is -2.58. The van der Waals surface area contributed by atoms with Gasteiger partial charge in [0.15, 0.2) is 0 Å². The Hall–Kier alpha value is -1.05. The van der Waals surface area contributed by atoms with Gasteiger partial charge in [0.2, 0.25) is 0 Å². The van der Waals surface area contributed by atoms with Gasteiger partial charge in [-0.15, -0.1) is 0 Å². The first-order chi connectivity index (χ1) is 9.42. The molecule has 0 aliphatic carbocycles. The van der Waals surface area contributed by atoms with Crippen molar-refractivity contribution in [2.24, 2.45) is 0 Å². The molecule has 4 nitrogen and oxygen atoms in total. The van der Waals surface area contributed by atoms with Gasteiger partial charge < -0.3 is 9.64 Å². The number of carbonyl (C=O) groups is 1. The average Bonchev–Trinajstić information content (AvgIpc) is 2.89. The van der Waals surface area contributed by atoms with Gasteiger partial charge in [-0.3, -0.25) is 9.69 Å². The first-order valence-electron chi connectivity index (χ1n) is 7.60. The molecule has 0 aromatic rings. The van der Waals surface area contributed by atoms with E-state index in [0.717, 1.165) is 39.1 Å². The van der Waals surface area contributed by atoms with Gasteiger partial charge in [-0.1, -0.05) is 5.92 Å². The van der Waals surface area contributed by atoms with Crippen molar-refractivity contribution in [3.8, 4) is 11.8 Å². The van der Waals surface area contributed by atoms with E-state index in [-0.39, 0.29) is 11.4 Å². The number of carbonyl (C=O) groups excluding carboxylic acids is 1. The standard InChI is InChI=1S/C16H26N2O2/c1-13-11-20-12-14(2)18(13)16(3,4)8-7-15(19)17-9-5-6-10-17/h13-14H,5-6,9-12H2,1-4H3. The Morgan fingerprint density at radius 2 is 1.70 bits per heavy atom. The Kier molecular flexibility index (Phi) is 4.72. The van der Waals surface area contributed by atoms with E-state index < -0.39 is 0 Å². The lowest BCUT2D eigenvalue weighted by molar-refractivity contribution is -0.124. The third-order valence-corrected chi connectivity index (χ3v) is 4.18. The van der Waals surface area contributed by atoms with Crippen molar-refractivity contribution in [2.75, 3.05) is 26.3 Å². The molecule has 2 fully saturated rings. The van der Waals surface area contributed by atoms with Crippen LogP contribution in [-0.2, 0) is 9.53 Å². The quantitative estimate of drug-likeness (QED) is 0.682. The molecular formula is C16H26N2O2. The highest BCUT2D eigenvalue weighted by molar-refractivity contribution is 5.93. The molecule has 2 heterocycles. The summed E-state index contributed by atoms with van der Waals surface area (Å²) in [6, 6.07) is 0.648. The van der Waals surface area contributed by atoms with E-state index in [1.807, 2.05) is 4.90 Å². The second kappa shape index (κ2) is 6.15. The molecule has 2 saturated heterocycles. The van der Waals surface area contributed by atoms with Crippen molar-refractivity contribution in [2.45, 2.75) is 58.2 Å². The van der Waals surface area contributed by atoms with E-state index in [1.54, 1.807) is 0 Å². The Labute approximate surface area is 122 Å². The first kappa shape index (κ1) is 15.3. The second-order valence-corrected chi connectivity index (χ2v) is 6.45. The highest BCUT2D eigenvalue weighted by Gasteiger charge is 2.36. The second-order valence-electron chi connectivity index (χ2n) is 6.45. The molecule has 20 heavy (non-hydrogen) atoms. The predicted octanol–water partition coefficient (Wildman–Crippen LogP) is 1.50. The van der Waals surface area contributed by atoms with Crippen LogP contribution >= 0.6 is 0 Å². The number of amides is 1. The maximum atomic E-state index is 12.0. The van der Waals surface area contributed by atoms with Crippen LogP contribution in [0.25, 0.3) is 0 Å². The largest absolute Gasteiger partial charge is 0.378 e. The third-order valence-electron chi connectivity index (χ3n) is 4.18. The molecule has 112 valence electrons. The van der Waals surface area contributed by atoms with Crippen molar-refractivity contribution in [3.05, 3.63) is 0 Å². The number of morpholine rings is 1. The lowest BCUT2D eigenvalue weighted by Gasteiger charge is -2.46. The van der Waals surface area contributed by atoms with Gasteiger partial charge in [0.25, 0.3) is 5.91 Å². The fourth-order valence-electron chi connectivity index (χ4n) is 3.38. The maximum Gasteiger partial charge on any atom is 0.298 e. The van der Waals surface area contributed by atoms with Crippen molar-refractivity contribution in [1.82, 2.24) is 9.80 Å². The highest BCUT2D eigenvalue weighted by Crippen LogP contribution is 2.24. The summed E-state index contributed by atoms with van der Waals surface area (Å²) < 4.78 is 5.56. The zero-order valence-corrected chi connectivity index (χ0v) is 13.1. The van der Waals surface area contributed by atoms with E-state index >= 15 is 0 Å². The molecule has 1 amide bonds. The van der Waals surface area contributed by atoms with Gasteiger partial charge in [-0.05, 0) is 46.5 Å². The molecule has 0 bridgehead atoms. The zero-order chi connectivity index (χ0) is 14.8. The minimum Gasteiger partial charge on any atom is -0.378 e. The van der Waals surface area contributed by atoms with Crippen LogP contribution in [0.1, 0.15) is 40.5 Å². The monoisotopic (exact) mass is 278 g/mol. The molecule has 2 unspecified atom stereocenters. The number of hydrogen-bond donors (Lipinski definition) is 0. The molecule has 2 rings (SSSR count). The molecule has 0 radical (unpaired) electrons. The summed E-state index contributed by atoms with van der Waals surface area (Å²) >= 11 is 0. The first-order valence-corrected chi connectivity index (χ1v) is 7.60. The van der Waals surface area contributed by atoms with Crippen LogP contribution in [0.5, 0.6) is 0 Å². The number of rotatable bonds is 1. The topological polar surface area (TPSA) is 32.8 Å². The van der Waals surface area contributed by atoms with Crippen molar-refractivity contribution in [1.29, 1.82) is 0 Å². The van der Waals surface area contributed by atoms with E-state index in [0.29, 0.717) is 12.1 Å². The van der Waals surface area contributed by atoms with Crippen molar-refractivity contribution in [3.63, 3.8) is 0 Å². The van der Waals surface area contributed by atoms with Gasteiger partial charge in [0, 0.05) is 25.2 Å². The fraction of sp³-hybridized carbons (Fsp3) is 0.812. The van der Waals surface area contributed by atoms with E-state index in [4.69, 9.17) is 4.74 Å². The normalized spacial score (nSPS) is 28.1. The molecule has 0 saturated carbocycles. The molecule has 2 aliphatic heterocycles. The van der Waals surface area contributed by atoms with E-state index in [2.05, 4.69) is 44.4 Å². The van der Waals surface area contributed by atoms with Gasteiger partial charge in [0.1, 0.15) is 0 Å². The Balaban J connectivity index is 2.07. The molecule has 0 aromatic heterocycles. The minimum atomic E-state index is -0.308. The summed E-state index contributed by atoms with van der Waals surface area (Å²) in [6.07, 6.45) is 2.21. The predicted molar refractivity (Wildman–Crippen MR) is 79.3 cm³/mol. The van der Waals surface area contributed by atoms with Gasteiger partial charge >= 0.3 is 0 Å². The Morgan fingerprint density at radius 1 is 1.15 bits per heavy atom. The molecule has 0 aromatic carbocycles. The minimum absolute atomic E-state index is 0.0239. The van der Waals surface area contributed by atoms with Gasteiger partial charge in [-0.2, -0.15) is 0 Å². The summed E-state index contributed by atoms with van der Waals surface area (Å²) in [5.74, 6) is 6.03. The smallest absolute Gasteiger partial charge is 0.298 e. The number of ether oxygens (including phenoxy) is 1. The van der Waals surface area contributed by atoms with Gasteiger partial charge in [0.05, 0.1) is 18.8 Å². The molecule has 0 spiro atoms. The van der Waals surface area contributed by atoms with Crippen LogP contribution in [0.4, 0.5) is 0 Å². The summed E-state index contributed by atoms with van der Waals surface area (Å²) in [6.45, 7) is 11.7. The molecule has 4 heteroatoms. The van der Waals surface area contributed by atoms with E-state index in [1.165, 1.54) is 0 Å². The Bertz CT molecular complexity index is 406. The van der Waals surface area contributed by atoms with Crippen molar-refractivity contribution >= 4 is 5.91 Å². The molecular weight excluding hydrogens is 252 g/mol. The Morgan fingerprint density at radius 3 is 2.25 bits per heavy atom. The highest BCUT2D eigenvalue weighted by atomic mass is 16.5.